The first kappa shape index (κ1) is 13.4. The molecule has 2 amide bonds. The van der Waals surface area contributed by atoms with Crippen LogP contribution in [-0.4, -0.2) is 31.5 Å². The number of hydrogen-bond donors (Lipinski definition) is 2. The third-order valence-electron chi connectivity index (χ3n) is 3.17. The molecule has 0 saturated carbocycles. The van der Waals surface area contributed by atoms with Crippen LogP contribution in [0.3, 0.4) is 0 Å². The number of hydrogen-bond acceptors (Lipinski definition) is 3. The van der Waals surface area contributed by atoms with Crippen LogP contribution < -0.4 is 15.4 Å². The van der Waals surface area contributed by atoms with Gasteiger partial charge in [0.25, 0.3) is 0 Å². The van der Waals surface area contributed by atoms with Gasteiger partial charge < -0.3 is 15.4 Å². The van der Waals surface area contributed by atoms with E-state index >= 15 is 0 Å². The first-order chi connectivity index (χ1) is 9.19. The van der Waals surface area contributed by atoms with Gasteiger partial charge >= 0.3 is 0 Å². The normalized spacial score (nSPS) is 17.9. The predicted molar refractivity (Wildman–Crippen MR) is 70.9 cm³/mol. The maximum Gasteiger partial charge on any atom is 0.224 e. The van der Waals surface area contributed by atoms with Crippen LogP contribution in [0.15, 0.2) is 24.3 Å². The van der Waals surface area contributed by atoms with E-state index in [9.17, 15) is 9.59 Å². The molecular weight excluding hydrogens is 244 g/mol. The Bertz CT molecular complexity index is 474. The molecule has 1 unspecified atom stereocenters. The molecule has 1 aliphatic heterocycles. The van der Waals surface area contributed by atoms with Gasteiger partial charge in [-0.1, -0.05) is 18.2 Å². The summed E-state index contributed by atoms with van der Waals surface area (Å²) in [7, 11) is 1.59. The second kappa shape index (κ2) is 6.22. The summed E-state index contributed by atoms with van der Waals surface area (Å²) >= 11 is 0. The molecule has 19 heavy (non-hydrogen) atoms. The summed E-state index contributed by atoms with van der Waals surface area (Å²) in [5.74, 6) is 0.710. The average Bonchev–Trinajstić information content (AvgIpc) is 2.83. The van der Waals surface area contributed by atoms with Crippen LogP contribution in [-0.2, 0) is 16.0 Å². The Morgan fingerprint density at radius 2 is 2.26 bits per heavy atom. The van der Waals surface area contributed by atoms with Crippen LogP contribution in [0.4, 0.5) is 0 Å². The van der Waals surface area contributed by atoms with E-state index < -0.39 is 0 Å². The number of amides is 2. The van der Waals surface area contributed by atoms with Gasteiger partial charge in [-0.2, -0.15) is 0 Å². The van der Waals surface area contributed by atoms with Crippen LogP contribution >= 0.6 is 0 Å². The van der Waals surface area contributed by atoms with E-state index in [4.69, 9.17) is 4.74 Å². The molecule has 5 heteroatoms. The first-order valence-corrected chi connectivity index (χ1v) is 6.37. The molecule has 2 rings (SSSR count). The monoisotopic (exact) mass is 262 g/mol. The molecule has 102 valence electrons. The van der Waals surface area contributed by atoms with Crippen LogP contribution in [0, 0.1) is 0 Å². The van der Waals surface area contributed by atoms with Gasteiger partial charge in [0.2, 0.25) is 11.8 Å². The van der Waals surface area contributed by atoms with Gasteiger partial charge in [0.05, 0.1) is 13.5 Å². The molecule has 1 heterocycles. The lowest BCUT2D eigenvalue weighted by Gasteiger charge is -2.12. The van der Waals surface area contributed by atoms with Gasteiger partial charge in [-0.25, -0.2) is 0 Å². The number of carbonyl (C=O) groups is 2. The predicted octanol–water partition coefficient (Wildman–Crippen LogP) is 0.632. The molecule has 1 aliphatic rings. The number of ether oxygens (including phenoxy) is 1. The van der Waals surface area contributed by atoms with Gasteiger partial charge in [-0.3, -0.25) is 9.59 Å². The van der Waals surface area contributed by atoms with Gasteiger partial charge in [0.15, 0.2) is 0 Å². The zero-order chi connectivity index (χ0) is 13.7. The van der Waals surface area contributed by atoms with Crippen molar-refractivity contribution in [2.75, 3.05) is 13.7 Å². The molecule has 1 saturated heterocycles. The van der Waals surface area contributed by atoms with E-state index in [1.54, 1.807) is 7.11 Å². The number of benzene rings is 1. The Morgan fingerprint density at radius 3 is 2.95 bits per heavy atom. The van der Waals surface area contributed by atoms with Crippen molar-refractivity contribution in [3.8, 4) is 5.75 Å². The zero-order valence-electron chi connectivity index (χ0n) is 10.9. The van der Waals surface area contributed by atoms with Crippen molar-refractivity contribution in [3.05, 3.63) is 29.8 Å². The van der Waals surface area contributed by atoms with Crippen molar-refractivity contribution in [2.45, 2.75) is 25.3 Å². The molecule has 1 fully saturated rings. The molecular formula is C14H18N2O3. The van der Waals surface area contributed by atoms with E-state index in [0.717, 1.165) is 12.0 Å². The molecule has 0 bridgehead atoms. The maximum absolute atomic E-state index is 11.8. The highest BCUT2D eigenvalue weighted by Crippen LogP contribution is 2.17. The van der Waals surface area contributed by atoms with E-state index in [1.165, 1.54) is 0 Å². The van der Waals surface area contributed by atoms with Crippen molar-refractivity contribution >= 4 is 11.8 Å². The van der Waals surface area contributed by atoms with Crippen molar-refractivity contribution in [1.82, 2.24) is 10.6 Å². The number of rotatable bonds is 5. The van der Waals surface area contributed by atoms with Gasteiger partial charge in [0.1, 0.15) is 5.75 Å². The minimum atomic E-state index is -0.0642. The lowest BCUT2D eigenvalue weighted by molar-refractivity contribution is -0.121. The quantitative estimate of drug-likeness (QED) is 0.818. The second-order valence-corrected chi connectivity index (χ2v) is 4.60. The Labute approximate surface area is 112 Å². The molecule has 5 nitrogen and oxygen atoms in total. The first-order valence-electron chi connectivity index (χ1n) is 6.37. The Morgan fingerprint density at radius 1 is 1.47 bits per heavy atom. The van der Waals surface area contributed by atoms with Crippen LogP contribution in [0.5, 0.6) is 5.75 Å². The summed E-state index contributed by atoms with van der Waals surface area (Å²) < 4.78 is 5.20. The topological polar surface area (TPSA) is 67.4 Å². The highest BCUT2D eigenvalue weighted by Gasteiger charge is 2.21. The third-order valence-corrected chi connectivity index (χ3v) is 3.17. The van der Waals surface area contributed by atoms with Gasteiger partial charge in [-0.15, -0.1) is 0 Å². The molecule has 0 radical (unpaired) electrons. The molecule has 0 aromatic heterocycles. The van der Waals surface area contributed by atoms with E-state index in [2.05, 4.69) is 10.6 Å². The van der Waals surface area contributed by atoms with Crippen molar-refractivity contribution in [1.29, 1.82) is 0 Å². The number of carbonyl (C=O) groups excluding carboxylic acids is 2. The lowest BCUT2D eigenvalue weighted by Crippen LogP contribution is -2.38. The fourth-order valence-corrected chi connectivity index (χ4v) is 2.15. The maximum atomic E-state index is 11.8. The average molecular weight is 262 g/mol. The summed E-state index contributed by atoms with van der Waals surface area (Å²) in [6.07, 6.45) is 1.62. The Balaban J connectivity index is 1.82. The fourth-order valence-electron chi connectivity index (χ4n) is 2.15. The fraction of sp³-hybridized carbons (Fsp3) is 0.429. The molecule has 2 N–H and O–H groups in total. The summed E-state index contributed by atoms with van der Waals surface area (Å²) in [5, 5.41) is 5.65. The van der Waals surface area contributed by atoms with Crippen molar-refractivity contribution in [2.24, 2.45) is 0 Å². The third kappa shape index (κ3) is 3.71. The van der Waals surface area contributed by atoms with Crippen LogP contribution in [0.1, 0.15) is 18.4 Å². The van der Waals surface area contributed by atoms with Crippen LogP contribution in [0.25, 0.3) is 0 Å². The largest absolute Gasteiger partial charge is 0.496 e. The van der Waals surface area contributed by atoms with E-state index in [1.807, 2.05) is 24.3 Å². The SMILES string of the molecule is COc1ccccc1CC(=O)NCC1CCC(=O)N1. The second-order valence-electron chi connectivity index (χ2n) is 4.60. The summed E-state index contributed by atoms with van der Waals surface area (Å²) in [5.41, 5.74) is 0.859. The Kier molecular flexibility index (Phi) is 4.39. The summed E-state index contributed by atoms with van der Waals surface area (Å²) in [6.45, 7) is 0.486. The Hall–Kier alpha value is -2.04. The van der Waals surface area contributed by atoms with E-state index in [0.29, 0.717) is 18.7 Å². The molecule has 1 atom stereocenters. The summed E-state index contributed by atoms with van der Waals surface area (Å²) in [6, 6.07) is 7.51. The molecule has 0 spiro atoms. The standard InChI is InChI=1S/C14H18N2O3/c1-19-12-5-3-2-4-10(12)8-14(18)15-9-11-6-7-13(17)16-11/h2-5,11H,6-9H2,1H3,(H,15,18)(H,16,17). The van der Waals surface area contributed by atoms with E-state index in [-0.39, 0.29) is 24.3 Å². The smallest absolute Gasteiger partial charge is 0.224 e. The minimum Gasteiger partial charge on any atom is -0.496 e. The van der Waals surface area contributed by atoms with Crippen LogP contribution in [0.2, 0.25) is 0 Å². The van der Waals surface area contributed by atoms with Crippen molar-refractivity contribution < 1.29 is 14.3 Å². The number of para-hydroxylation sites is 1. The van der Waals surface area contributed by atoms with Gasteiger partial charge in [-0.05, 0) is 12.5 Å². The van der Waals surface area contributed by atoms with Crippen molar-refractivity contribution in [3.63, 3.8) is 0 Å². The van der Waals surface area contributed by atoms with Gasteiger partial charge in [0, 0.05) is 24.6 Å². The lowest BCUT2D eigenvalue weighted by atomic mass is 10.1. The number of nitrogens with one attached hydrogen (secondary N) is 2. The summed E-state index contributed by atoms with van der Waals surface area (Å²) in [4.78, 5) is 22.9. The zero-order valence-corrected chi connectivity index (χ0v) is 10.9. The highest BCUT2D eigenvalue weighted by atomic mass is 16.5. The minimum absolute atomic E-state index is 0.0592. The highest BCUT2D eigenvalue weighted by molar-refractivity contribution is 5.80. The number of methoxy groups -OCH3 is 1. The molecule has 1 aromatic rings. The molecule has 1 aromatic carbocycles. The molecule has 0 aliphatic carbocycles.